The SMILES string of the molecule is CCO[C@H](C)C(=O)N1CSC[C@@H]1C(=O)N[C@H](C)CC. The Morgan fingerprint density at radius 3 is 2.68 bits per heavy atom. The standard InChI is InChI=1S/C13H24N2O3S/c1-5-9(3)14-12(16)11-7-19-8-15(11)13(17)10(4)18-6-2/h9-11H,5-8H2,1-4H3,(H,14,16)/t9-,10-,11-/m1/s1. The Morgan fingerprint density at radius 2 is 2.11 bits per heavy atom. The summed E-state index contributed by atoms with van der Waals surface area (Å²) in [4.78, 5) is 26.0. The van der Waals surface area contributed by atoms with Crippen LogP contribution in [0.2, 0.25) is 0 Å². The second kappa shape index (κ2) is 7.75. The summed E-state index contributed by atoms with van der Waals surface area (Å²) in [6.07, 6.45) is 0.400. The first kappa shape index (κ1) is 16.3. The third-order valence-corrected chi connectivity index (χ3v) is 4.25. The van der Waals surface area contributed by atoms with E-state index in [-0.39, 0.29) is 23.9 Å². The molecule has 0 aromatic carbocycles. The van der Waals surface area contributed by atoms with Crippen LogP contribution in [0.3, 0.4) is 0 Å². The van der Waals surface area contributed by atoms with Crippen LogP contribution in [0.25, 0.3) is 0 Å². The molecule has 1 aliphatic heterocycles. The van der Waals surface area contributed by atoms with Crippen molar-refractivity contribution in [1.82, 2.24) is 10.2 Å². The molecule has 0 aromatic heterocycles. The van der Waals surface area contributed by atoms with Crippen molar-refractivity contribution in [3.8, 4) is 0 Å². The highest BCUT2D eigenvalue weighted by atomic mass is 32.2. The number of carbonyl (C=O) groups is 2. The van der Waals surface area contributed by atoms with Gasteiger partial charge in [-0.15, -0.1) is 11.8 Å². The Morgan fingerprint density at radius 1 is 1.42 bits per heavy atom. The van der Waals surface area contributed by atoms with E-state index < -0.39 is 6.10 Å². The Balaban J connectivity index is 2.63. The van der Waals surface area contributed by atoms with Crippen LogP contribution in [-0.2, 0) is 14.3 Å². The molecular formula is C13H24N2O3S. The number of ether oxygens (including phenoxy) is 1. The minimum atomic E-state index is -0.484. The van der Waals surface area contributed by atoms with Crippen molar-refractivity contribution in [2.24, 2.45) is 0 Å². The van der Waals surface area contributed by atoms with Crippen molar-refractivity contribution in [2.75, 3.05) is 18.2 Å². The van der Waals surface area contributed by atoms with Crippen LogP contribution >= 0.6 is 11.8 Å². The van der Waals surface area contributed by atoms with Gasteiger partial charge < -0.3 is 15.0 Å². The van der Waals surface area contributed by atoms with Gasteiger partial charge in [0.25, 0.3) is 5.91 Å². The molecular weight excluding hydrogens is 264 g/mol. The zero-order valence-corrected chi connectivity index (χ0v) is 13.0. The Bertz CT molecular complexity index is 325. The topological polar surface area (TPSA) is 58.6 Å². The van der Waals surface area contributed by atoms with E-state index in [1.807, 2.05) is 20.8 Å². The van der Waals surface area contributed by atoms with Crippen molar-refractivity contribution in [3.63, 3.8) is 0 Å². The molecule has 6 heteroatoms. The highest BCUT2D eigenvalue weighted by Gasteiger charge is 2.36. The molecule has 110 valence electrons. The van der Waals surface area contributed by atoms with Crippen LogP contribution in [-0.4, -0.2) is 53.1 Å². The molecule has 19 heavy (non-hydrogen) atoms. The lowest BCUT2D eigenvalue weighted by atomic mass is 10.2. The predicted octanol–water partition coefficient (Wildman–Crippen LogP) is 1.23. The quantitative estimate of drug-likeness (QED) is 0.798. The van der Waals surface area contributed by atoms with E-state index in [1.165, 1.54) is 0 Å². The molecule has 0 unspecified atom stereocenters. The molecule has 0 saturated carbocycles. The molecule has 0 bridgehead atoms. The van der Waals surface area contributed by atoms with E-state index in [0.717, 1.165) is 6.42 Å². The lowest BCUT2D eigenvalue weighted by molar-refractivity contribution is -0.146. The third kappa shape index (κ3) is 4.38. The van der Waals surface area contributed by atoms with Gasteiger partial charge in [0, 0.05) is 18.4 Å². The maximum atomic E-state index is 12.2. The monoisotopic (exact) mass is 288 g/mol. The molecule has 5 nitrogen and oxygen atoms in total. The number of rotatable bonds is 6. The summed E-state index contributed by atoms with van der Waals surface area (Å²) in [5.41, 5.74) is 0. The molecule has 1 aliphatic rings. The number of nitrogens with one attached hydrogen (secondary N) is 1. The van der Waals surface area contributed by atoms with Gasteiger partial charge in [0.15, 0.2) is 0 Å². The summed E-state index contributed by atoms with van der Waals surface area (Å²) >= 11 is 1.61. The average Bonchev–Trinajstić information content (AvgIpc) is 2.87. The van der Waals surface area contributed by atoms with Gasteiger partial charge in [-0.25, -0.2) is 0 Å². The van der Waals surface area contributed by atoms with Crippen LogP contribution in [0, 0.1) is 0 Å². The van der Waals surface area contributed by atoms with Crippen LogP contribution in [0.15, 0.2) is 0 Å². The maximum absolute atomic E-state index is 12.2. The fraction of sp³-hybridized carbons (Fsp3) is 0.846. The summed E-state index contributed by atoms with van der Waals surface area (Å²) in [6.45, 7) is 8.08. The Hall–Kier alpha value is -0.750. The van der Waals surface area contributed by atoms with Crippen LogP contribution in [0.5, 0.6) is 0 Å². The smallest absolute Gasteiger partial charge is 0.252 e. The van der Waals surface area contributed by atoms with Crippen LogP contribution in [0.4, 0.5) is 0 Å². The molecule has 2 amide bonds. The molecule has 0 spiro atoms. The van der Waals surface area contributed by atoms with E-state index in [0.29, 0.717) is 18.2 Å². The summed E-state index contributed by atoms with van der Waals surface area (Å²) in [5, 5.41) is 2.94. The molecule has 3 atom stereocenters. The molecule has 0 aromatic rings. The second-order valence-electron chi connectivity index (χ2n) is 4.74. The van der Waals surface area contributed by atoms with Crippen molar-refractivity contribution in [3.05, 3.63) is 0 Å². The van der Waals surface area contributed by atoms with Gasteiger partial charge >= 0.3 is 0 Å². The second-order valence-corrected chi connectivity index (χ2v) is 5.74. The number of hydrogen-bond donors (Lipinski definition) is 1. The number of hydrogen-bond acceptors (Lipinski definition) is 4. The van der Waals surface area contributed by atoms with E-state index in [9.17, 15) is 9.59 Å². The highest BCUT2D eigenvalue weighted by molar-refractivity contribution is 7.99. The first-order valence-electron chi connectivity index (χ1n) is 6.81. The van der Waals surface area contributed by atoms with Gasteiger partial charge in [-0.3, -0.25) is 9.59 Å². The number of thioether (sulfide) groups is 1. The minimum absolute atomic E-state index is 0.0589. The lowest BCUT2D eigenvalue weighted by Gasteiger charge is -2.26. The first-order chi connectivity index (χ1) is 9.01. The first-order valence-corrected chi connectivity index (χ1v) is 7.96. The summed E-state index contributed by atoms with van der Waals surface area (Å²) in [5.74, 6) is 1.06. The molecule has 1 fully saturated rings. The van der Waals surface area contributed by atoms with E-state index in [1.54, 1.807) is 23.6 Å². The number of carbonyl (C=O) groups excluding carboxylic acids is 2. The number of nitrogens with zero attached hydrogens (tertiary/aromatic N) is 1. The Labute approximate surface area is 119 Å². The van der Waals surface area contributed by atoms with Gasteiger partial charge in [0.2, 0.25) is 5.91 Å². The van der Waals surface area contributed by atoms with Gasteiger partial charge in [0.1, 0.15) is 12.1 Å². The molecule has 1 heterocycles. The summed E-state index contributed by atoms with van der Waals surface area (Å²) < 4.78 is 5.31. The fourth-order valence-corrected chi connectivity index (χ4v) is 3.04. The zero-order chi connectivity index (χ0) is 14.4. The van der Waals surface area contributed by atoms with E-state index >= 15 is 0 Å². The highest BCUT2D eigenvalue weighted by Crippen LogP contribution is 2.22. The fourth-order valence-electron chi connectivity index (χ4n) is 1.87. The summed E-state index contributed by atoms with van der Waals surface area (Å²) in [6, 6.07) is -0.228. The largest absolute Gasteiger partial charge is 0.369 e. The maximum Gasteiger partial charge on any atom is 0.252 e. The van der Waals surface area contributed by atoms with Gasteiger partial charge in [-0.1, -0.05) is 6.92 Å². The van der Waals surface area contributed by atoms with Gasteiger partial charge in [-0.2, -0.15) is 0 Å². The number of amides is 2. The zero-order valence-electron chi connectivity index (χ0n) is 12.1. The minimum Gasteiger partial charge on any atom is -0.369 e. The van der Waals surface area contributed by atoms with Crippen molar-refractivity contribution < 1.29 is 14.3 Å². The van der Waals surface area contributed by atoms with Crippen molar-refractivity contribution in [2.45, 2.75) is 52.3 Å². The molecule has 1 N–H and O–H groups in total. The van der Waals surface area contributed by atoms with Crippen molar-refractivity contribution >= 4 is 23.6 Å². The lowest BCUT2D eigenvalue weighted by Crippen LogP contribution is -2.51. The summed E-state index contributed by atoms with van der Waals surface area (Å²) in [7, 11) is 0. The Kier molecular flexibility index (Phi) is 6.65. The predicted molar refractivity (Wildman–Crippen MR) is 76.9 cm³/mol. The van der Waals surface area contributed by atoms with E-state index in [2.05, 4.69) is 5.32 Å². The molecule has 1 saturated heterocycles. The van der Waals surface area contributed by atoms with Crippen molar-refractivity contribution in [1.29, 1.82) is 0 Å². The van der Waals surface area contributed by atoms with Gasteiger partial charge in [0.05, 0.1) is 5.88 Å². The third-order valence-electron chi connectivity index (χ3n) is 3.23. The molecule has 0 radical (unpaired) electrons. The van der Waals surface area contributed by atoms with Crippen LogP contribution < -0.4 is 5.32 Å². The molecule has 0 aliphatic carbocycles. The molecule has 1 rings (SSSR count). The normalized spacial score (nSPS) is 22.1. The van der Waals surface area contributed by atoms with E-state index in [4.69, 9.17) is 4.74 Å². The average molecular weight is 288 g/mol. The van der Waals surface area contributed by atoms with Gasteiger partial charge in [-0.05, 0) is 27.2 Å². The van der Waals surface area contributed by atoms with Crippen LogP contribution in [0.1, 0.15) is 34.1 Å².